The first-order valence-electron chi connectivity index (χ1n) is 5.37. The fraction of sp³-hybridized carbons (Fsp3) is 0.333. The van der Waals surface area contributed by atoms with Crippen molar-refractivity contribution in [2.75, 3.05) is 0 Å². The summed E-state index contributed by atoms with van der Waals surface area (Å²) < 4.78 is 5.14. The number of hydrogen-bond acceptors (Lipinski definition) is 4. The van der Waals surface area contributed by atoms with Crippen molar-refractivity contribution in [2.24, 2.45) is 5.73 Å². The third-order valence-corrected chi connectivity index (χ3v) is 2.36. The Morgan fingerprint density at radius 3 is 2.22 bits per heavy atom. The van der Waals surface area contributed by atoms with Gasteiger partial charge in [-0.25, -0.2) is 4.79 Å². The van der Waals surface area contributed by atoms with E-state index >= 15 is 0 Å². The normalized spacial score (nSPS) is 13.7. The minimum Gasteiger partial charge on any atom is -0.480 e. The summed E-state index contributed by atoms with van der Waals surface area (Å²) in [7, 11) is 0. The summed E-state index contributed by atoms with van der Waals surface area (Å²) >= 11 is 0. The number of ether oxygens (including phenoxy) is 1. The van der Waals surface area contributed by atoms with E-state index in [2.05, 4.69) is 0 Å². The maximum absolute atomic E-state index is 10.6. The second-order valence-electron chi connectivity index (χ2n) is 3.89. The van der Waals surface area contributed by atoms with E-state index in [0.717, 1.165) is 5.56 Å². The second kappa shape index (κ2) is 6.02. The molecule has 0 spiro atoms. The molecule has 0 radical (unpaired) electrons. The Balaban J connectivity index is 2.63. The van der Waals surface area contributed by atoms with Crippen LogP contribution in [-0.2, 0) is 16.0 Å². The van der Waals surface area contributed by atoms with E-state index in [1.54, 1.807) is 24.3 Å². The summed E-state index contributed by atoms with van der Waals surface area (Å²) in [5.41, 5.74) is 6.15. The molecule has 98 valence electrons. The molecule has 0 heterocycles. The second-order valence-corrected chi connectivity index (χ2v) is 3.89. The monoisotopic (exact) mass is 253 g/mol. The van der Waals surface area contributed by atoms with Crippen LogP contribution in [0.5, 0.6) is 5.75 Å². The van der Waals surface area contributed by atoms with E-state index in [1.807, 2.05) is 0 Å². The lowest BCUT2D eigenvalue weighted by Gasteiger charge is -2.11. The minimum atomic E-state index is -1.06. The summed E-state index contributed by atoms with van der Waals surface area (Å²) in [6.07, 6.45) is -0.721. The fourth-order valence-corrected chi connectivity index (χ4v) is 1.30. The number of carboxylic acids is 2. The molecule has 1 aromatic rings. The van der Waals surface area contributed by atoms with Crippen LogP contribution in [0.15, 0.2) is 24.3 Å². The summed E-state index contributed by atoms with van der Waals surface area (Å²) in [6, 6.07) is 5.54. The van der Waals surface area contributed by atoms with Gasteiger partial charge in [0.05, 0.1) is 0 Å². The third kappa shape index (κ3) is 4.06. The molecule has 0 fully saturated rings. The van der Waals surface area contributed by atoms with E-state index < -0.39 is 24.1 Å². The Labute approximate surface area is 104 Å². The van der Waals surface area contributed by atoms with Crippen LogP contribution in [0.4, 0.5) is 0 Å². The van der Waals surface area contributed by atoms with Crippen LogP contribution in [0.3, 0.4) is 0 Å². The van der Waals surface area contributed by atoms with Crippen molar-refractivity contribution in [3.05, 3.63) is 29.8 Å². The van der Waals surface area contributed by atoms with Gasteiger partial charge < -0.3 is 20.7 Å². The zero-order valence-corrected chi connectivity index (χ0v) is 9.87. The highest BCUT2D eigenvalue weighted by Crippen LogP contribution is 2.14. The van der Waals surface area contributed by atoms with Gasteiger partial charge in [-0.05, 0) is 31.0 Å². The largest absolute Gasteiger partial charge is 0.480 e. The van der Waals surface area contributed by atoms with Gasteiger partial charge in [0.15, 0.2) is 6.10 Å². The number of hydrogen-bond donors (Lipinski definition) is 3. The molecule has 18 heavy (non-hydrogen) atoms. The molecular weight excluding hydrogens is 238 g/mol. The zero-order valence-electron chi connectivity index (χ0n) is 9.87. The number of benzene rings is 1. The van der Waals surface area contributed by atoms with Crippen LogP contribution < -0.4 is 10.5 Å². The Bertz CT molecular complexity index is 388. The standard InChI is InChI=1S/C12H15NO5/c1-7(11(14)15)18-9-4-2-8(3-5-9)6-10(13)12(16)17/h2-5,7,10H,6,13H2,1H3,(H,14,15)(H,16,17)/t7-,10+/m1/s1. The molecule has 1 rings (SSSR count). The van der Waals surface area contributed by atoms with Gasteiger partial charge in [-0.1, -0.05) is 12.1 Å². The first kappa shape index (κ1) is 14.0. The van der Waals surface area contributed by atoms with E-state index in [4.69, 9.17) is 20.7 Å². The van der Waals surface area contributed by atoms with Crippen molar-refractivity contribution in [3.63, 3.8) is 0 Å². The van der Waals surface area contributed by atoms with Gasteiger partial charge in [0.2, 0.25) is 0 Å². The molecule has 1 aromatic carbocycles. The van der Waals surface area contributed by atoms with E-state index in [1.165, 1.54) is 6.92 Å². The third-order valence-electron chi connectivity index (χ3n) is 2.36. The van der Waals surface area contributed by atoms with Crippen LogP contribution in [0.1, 0.15) is 12.5 Å². The lowest BCUT2D eigenvalue weighted by molar-refractivity contribution is -0.144. The van der Waals surface area contributed by atoms with E-state index in [0.29, 0.717) is 5.75 Å². The number of rotatable bonds is 6. The van der Waals surface area contributed by atoms with Crippen molar-refractivity contribution in [2.45, 2.75) is 25.5 Å². The fourth-order valence-electron chi connectivity index (χ4n) is 1.30. The average molecular weight is 253 g/mol. The lowest BCUT2D eigenvalue weighted by atomic mass is 10.1. The molecule has 0 unspecified atom stereocenters. The lowest BCUT2D eigenvalue weighted by Crippen LogP contribution is -2.32. The molecule has 0 aliphatic carbocycles. The molecule has 0 saturated heterocycles. The van der Waals surface area contributed by atoms with Crippen LogP contribution >= 0.6 is 0 Å². The van der Waals surface area contributed by atoms with Crippen molar-refractivity contribution in [3.8, 4) is 5.75 Å². The van der Waals surface area contributed by atoms with E-state index in [-0.39, 0.29) is 6.42 Å². The molecule has 0 bridgehead atoms. The summed E-state index contributed by atoms with van der Waals surface area (Å²) in [5.74, 6) is -1.70. The van der Waals surface area contributed by atoms with Gasteiger partial charge in [-0.3, -0.25) is 4.79 Å². The maximum Gasteiger partial charge on any atom is 0.344 e. The van der Waals surface area contributed by atoms with Crippen LogP contribution in [0, 0.1) is 0 Å². The average Bonchev–Trinajstić information content (AvgIpc) is 2.31. The summed E-state index contributed by atoms with van der Waals surface area (Å²) in [6.45, 7) is 1.43. The van der Waals surface area contributed by atoms with Gasteiger partial charge in [0.1, 0.15) is 11.8 Å². The van der Waals surface area contributed by atoms with Crippen LogP contribution in [0.2, 0.25) is 0 Å². The molecular formula is C12H15NO5. The molecule has 6 heteroatoms. The number of carbonyl (C=O) groups is 2. The Morgan fingerprint density at radius 1 is 1.22 bits per heavy atom. The Hall–Kier alpha value is -2.08. The Kier molecular flexibility index (Phi) is 4.67. The summed E-state index contributed by atoms with van der Waals surface area (Å²) in [5, 5.41) is 17.3. The highest BCUT2D eigenvalue weighted by molar-refractivity contribution is 5.73. The molecule has 6 nitrogen and oxygen atoms in total. The van der Waals surface area contributed by atoms with Crippen molar-refractivity contribution in [1.82, 2.24) is 0 Å². The molecule has 0 aromatic heterocycles. The van der Waals surface area contributed by atoms with Gasteiger partial charge in [-0.15, -0.1) is 0 Å². The number of carboxylic acid groups (broad SMARTS) is 2. The highest BCUT2D eigenvalue weighted by Gasteiger charge is 2.14. The van der Waals surface area contributed by atoms with Crippen molar-refractivity contribution < 1.29 is 24.5 Å². The number of aliphatic carboxylic acids is 2. The SMILES string of the molecule is C[C@@H](Oc1ccc(C[C@H](N)C(=O)O)cc1)C(=O)O. The zero-order chi connectivity index (χ0) is 13.7. The maximum atomic E-state index is 10.6. The highest BCUT2D eigenvalue weighted by atomic mass is 16.5. The summed E-state index contributed by atoms with van der Waals surface area (Å²) in [4.78, 5) is 21.2. The molecule has 0 aliphatic heterocycles. The quantitative estimate of drug-likeness (QED) is 0.680. The predicted molar refractivity (Wildman–Crippen MR) is 63.5 cm³/mol. The smallest absolute Gasteiger partial charge is 0.344 e. The van der Waals surface area contributed by atoms with Gasteiger partial charge in [0.25, 0.3) is 0 Å². The van der Waals surface area contributed by atoms with Crippen LogP contribution in [-0.4, -0.2) is 34.3 Å². The van der Waals surface area contributed by atoms with E-state index in [9.17, 15) is 9.59 Å². The van der Waals surface area contributed by atoms with Gasteiger partial charge >= 0.3 is 11.9 Å². The van der Waals surface area contributed by atoms with Gasteiger partial charge in [-0.2, -0.15) is 0 Å². The topological polar surface area (TPSA) is 110 Å². The first-order chi connectivity index (χ1) is 8.40. The predicted octanol–water partition coefficient (Wildman–Crippen LogP) is 0.493. The first-order valence-corrected chi connectivity index (χ1v) is 5.37. The van der Waals surface area contributed by atoms with Crippen molar-refractivity contribution >= 4 is 11.9 Å². The number of nitrogens with two attached hydrogens (primary N) is 1. The minimum absolute atomic E-state index is 0.212. The molecule has 0 aliphatic rings. The molecule has 0 saturated carbocycles. The molecule has 4 N–H and O–H groups in total. The van der Waals surface area contributed by atoms with Crippen molar-refractivity contribution in [1.29, 1.82) is 0 Å². The Morgan fingerprint density at radius 2 is 1.78 bits per heavy atom. The van der Waals surface area contributed by atoms with Gasteiger partial charge in [0, 0.05) is 0 Å². The molecule has 0 amide bonds. The van der Waals surface area contributed by atoms with Crippen LogP contribution in [0.25, 0.3) is 0 Å². The molecule has 2 atom stereocenters.